The summed E-state index contributed by atoms with van der Waals surface area (Å²) in [7, 11) is 0. The Morgan fingerprint density at radius 3 is 2.86 bits per heavy atom. The van der Waals surface area contributed by atoms with Gasteiger partial charge in [0.25, 0.3) is 0 Å². The summed E-state index contributed by atoms with van der Waals surface area (Å²) >= 11 is 0. The molecule has 2 heteroatoms. The van der Waals surface area contributed by atoms with Crippen LogP contribution in [0.1, 0.15) is 32.1 Å². The zero-order valence-corrected chi connectivity index (χ0v) is 8.71. The Morgan fingerprint density at radius 2 is 2.29 bits per heavy atom. The molecule has 0 aliphatic heterocycles. The van der Waals surface area contributed by atoms with Crippen molar-refractivity contribution >= 4 is 0 Å². The molecule has 0 aromatic rings. The van der Waals surface area contributed by atoms with Gasteiger partial charge in [-0.15, -0.1) is 0 Å². The molecule has 0 radical (unpaired) electrons. The minimum atomic E-state index is 0.212. The van der Waals surface area contributed by atoms with Crippen LogP contribution in [0.2, 0.25) is 0 Å². The van der Waals surface area contributed by atoms with E-state index in [4.69, 9.17) is 11.5 Å². The van der Waals surface area contributed by atoms with E-state index in [1.807, 2.05) is 0 Å². The molecule has 78 valence electrons. The predicted molar refractivity (Wildman–Crippen MR) is 61.6 cm³/mol. The lowest BCUT2D eigenvalue weighted by Crippen LogP contribution is -2.21. The molecule has 1 rings (SSSR count). The van der Waals surface area contributed by atoms with Gasteiger partial charge in [0.1, 0.15) is 0 Å². The molecule has 0 bridgehead atoms. The Kier molecular flexibility index (Phi) is 4.47. The summed E-state index contributed by atoms with van der Waals surface area (Å²) in [6.45, 7) is 3.67. The SMILES string of the molecule is C=C(N)CC[C@H](N)CC1=CCCC=C1. The Bertz CT molecular complexity index is 251. The first-order chi connectivity index (χ1) is 6.68. The third kappa shape index (κ3) is 4.28. The molecular weight excluding hydrogens is 172 g/mol. The van der Waals surface area contributed by atoms with Crippen molar-refractivity contribution in [1.82, 2.24) is 0 Å². The maximum atomic E-state index is 5.98. The Balaban J connectivity index is 2.25. The Labute approximate surface area is 86.4 Å². The van der Waals surface area contributed by atoms with Gasteiger partial charge in [-0.1, -0.05) is 30.4 Å². The maximum Gasteiger partial charge on any atom is 0.00829 e. The van der Waals surface area contributed by atoms with E-state index in [-0.39, 0.29) is 6.04 Å². The van der Waals surface area contributed by atoms with Crippen molar-refractivity contribution < 1.29 is 0 Å². The van der Waals surface area contributed by atoms with Gasteiger partial charge in [-0.3, -0.25) is 0 Å². The maximum absolute atomic E-state index is 5.98. The lowest BCUT2D eigenvalue weighted by atomic mass is 9.98. The molecule has 0 saturated heterocycles. The molecule has 1 aliphatic rings. The van der Waals surface area contributed by atoms with Crippen molar-refractivity contribution in [2.24, 2.45) is 11.5 Å². The van der Waals surface area contributed by atoms with Crippen LogP contribution < -0.4 is 11.5 Å². The first-order valence-electron chi connectivity index (χ1n) is 5.23. The topological polar surface area (TPSA) is 52.0 Å². The fourth-order valence-corrected chi connectivity index (χ4v) is 1.59. The monoisotopic (exact) mass is 192 g/mol. The van der Waals surface area contributed by atoms with Gasteiger partial charge in [0.15, 0.2) is 0 Å². The zero-order chi connectivity index (χ0) is 10.4. The molecule has 0 fully saturated rings. The first kappa shape index (κ1) is 11.1. The second-order valence-corrected chi connectivity index (χ2v) is 3.92. The molecule has 1 aliphatic carbocycles. The molecule has 2 nitrogen and oxygen atoms in total. The van der Waals surface area contributed by atoms with E-state index in [1.165, 1.54) is 12.0 Å². The van der Waals surface area contributed by atoms with Gasteiger partial charge in [0.2, 0.25) is 0 Å². The van der Waals surface area contributed by atoms with Crippen molar-refractivity contribution in [2.75, 3.05) is 0 Å². The number of rotatable bonds is 5. The fourth-order valence-electron chi connectivity index (χ4n) is 1.59. The lowest BCUT2D eigenvalue weighted by Gasteiger charge is -2.13. The summed E-state index contributed by atoms with van der Waals surface area (Å²) in [4.78, 5) is 0. The van der Waals surface area contributed by atoms with Crippen molar-refractivity contribution in [3.05, 3.63) is 36.1 Å². The van der Waals surface area contributed by atoms with Crippen LogP contribution in [0, 0.1) is 0 Å². The molecule has 0 saturated carbocycles. The van der Waals surface area contributed by atoms with Crippen molar-refractivity contribution in [1.29, 1.82) is 0 Å². The van der Waals surface area contributed by atoms with Crippen molar-refractivity contribution in [3.8, 4) is 0 Å². The quantitative estimate of drug-likeness (QED) is 0.702. The van der Waals surface area contributed by atoms with Crippen LogP contribution >= 0.6 is 0 Å². The van der Waals surface area contributed by atoms with Gasteiger partial charge in [-0.2, -0.15) is 0 Å². The molecule has 0 aromatic heterocycles. The summed E-state index contributed by atoms with van der Waals surface area (Å²) in [5.41, 5.74) is 13.6. The smallest absolute Gasteiger partial charge is 0.00829 e. The van der Waals surface area contributed by atoms with Gasteiger partial charge in [0.05, 0.1) is 0 Å². The molecule has 4 N–H and O–H groups in total. The molecule has 0 amide bonds. The largest absolute Gasteiger partial charge is 0.403 e. The summed E-state index contributed by atoms with van der Waals surface area (Å²) in [6.07, 6.45) is 11.7. The number of allylic oxidation sites excluding steroid dienone is 4. The number of hydrogen-bond acceptors (Lipinski definition) is 2. The molecule has 0 aromatic carbocycles. The van der Waals surface area contributed by atoms with E-state index in [1.54, 1.807) is 0 Å². The predicted octanol–water partition coefficient (Wildman–Crippen LogP) is 2.23. The van der Waals surface area contributed by atoms with Gasteiger partial charge >= 0.3 is 0 Å². The van der Waals surface area contributed by atoms with Gasteiger partial charge in [-0.05, 0) is 32.1 Å². The first-order valence-corrected chi connectivity index (χ1v) is 5.23. The minimum Gasteiger partial charge on any atom is -0.403 e. The van der Waals surface area contributed by atoms with E-state index in [0.29, 0.717) is 0 Å². The molecule has 14 heavy (non-hydrogen) atoms. The average molecular weight is 192 g/mol. The van der Waals surface area contributed by atoms with Crippen LogP contribution in [0.3, 0.4) is 0 Å². The van der Waals surface area contributed by atoms with Crippen LogP contribution in [0.25, 0.3) is 0 Å². The van der Waals surface area contributed by atoms with Gasteiger partial charge in [0, 0.05) is 11.7 Å². The summed E-state index contributed by atoms with van der Waals surface area (Å²) < 4.78 is 0. The summed E-state index contributed by atoms with van der Waals surface area (Å²) in [5, 5.41) is 0. The second-order valence-electron chi connectivity index (χ2n) is 3.92. The average Bonchev–Trinajstić information content (AvgIpc) is 2.16. The van der Waals surface area contributed by atoms with Crippen LogP contribution in [0.15, 0.2) is 36.1 Å². The normalized spacial score (nSPS) is 17.6. The molecule has 1 atom stereocenters. The molecule has 0 spiro atoms. The lowest BCUT2D eigenvalue weighted by molar-refractivity contribution is 0.607. The van der Waals surface area contributed by atoms with Crippen molar-refractivity contribution in [2.45, 2.75) is 38.1 Å². The third-order valence-corrected chi connectivity index (χ3v) is 2.41. The Morgan fingerprint density at radius 1 is 1.50 bits per heavy atom. The fraction of sp³-hybridized carbons (Fsp3) is 0.500. The van der Waals surface area contributed by atoms with Crippen LogP contribution in [0.5, 0.6) is 0 Å². The van der Waals surface area contributed by atoms with Crippen molar-refractivity contribution in [3.63, 3.8) is 0 Å². The zero-order valence-electron chi connectivity index (χ0n) is 8.71. The van der Waals surface area contributed by atoms with E-state index < -0.39 is 0 Å². The highest BCUT2D eigenvalue weighted by molar-refractivity contribution is 5.22. The molecule has 0 unspecified atom stereocenters. The van der Waals surface area contributed by atoms with Crippen LogP contribution in [-0.2, 0) is 0 Å². The van der Waals surface area contributed by atoms with E-state index >= 15 is 0 Å². The standard InChI is InChI=1S/C12H20N2/c1-10(13)7-8-12(14)9-11-5-3-2-4-6-11/h3,5-6,12H,1-2,4,7-9,13-14H2/t12-/m0/s1. The highest BCUT2D eigenvalue weighted by Crippen LogP contribution is 2.16. The summed E-state index contributed by atoms with van der Waals surface area (Å²) in [6, 6.07) is 0.212. The number of hydrogen-bond donors (Lipinski definition) is 2. The third-order valence-electron chi connectivity index (χ3n) is 2.41. The minimum absolute atomic E-state index is 0.212. The van der Waals surface area contributed by atoms with Crippen LogP contribution in [-0.4, -0.2) is 6.04 Å². The highest BCUT2D eigenvalue weighted by atomic mass is 14.6. The van der Waals surface area contributed by atoms with Gasteiger partial charge < -0.3 is 11.5 Å². The number of nitrogens with two attached hydrogens (primary N) is 2. The van der Waals surface area contributed by atoms with E-state index in [9.17, 15) is 0 Å². The van der Waals surface area contributed by atoms with E-state index in [0.717, 1.165) is 31.4 Å². The summed E-state index contributed by atoms with van der Waals surface area (Å²) in [5.74, 6) is 0. The second kappa shape index (κ2) is 5.66. The van der Waals surface area contributed by atoms with Gasteiger partial charge in [-0.25, -0.2) is 0 Å². The van der Waals surface area contributed by atoms with E-state index in [2.05, 4.69) is 24.8 Å². The molecular formula is C12H20N2. The van der Waals surface area contributed by atoms with Crippen LogP contribution in [0.4, 0.5) is 0 Å². The molecule has 0 heterocycles. The Hall–Kier alpha value is -1.02. The highest BCUT2D eigenvalue weighted by Gasteiger charge is 2.05.